The summed E-state index contributed by atoms with van der Waals surface area (Å²) in [5.41, 5.74) is 1.78. The second kappa shape index (κ2) is 8.59. The van der Waals surface area contributed by atoms with Crippen LogP contribution in [0.2, 0.25) is 0 Å². The van der Waals surface area contributed by atoms with Crippen LogP contribution in [0, 0.1) is 6.92 Å². The maximum absolute atomic E-state index is 12.3. The van der Waals surface area contributed by atoms with Crippen LogP contribution in [-0.4, -0.2) is 17.5 Å². The molecule has 140 valence electrons. The van der Waals surface area contributed by atoms with Crippen molar-refractivity contribution in [2.75, 3.05) is 5.32 Å². The average molecular weight is 390 g/mol. The van der Waals surface area contributed by atoms with Gasteiger partial charge in [-0.1, -0.05) is 0 Å². The Morgan fingerprint density at radius 2 is 1.78 bits per heavy atom. The van der Waals surface area contributed by atoms with Gasteiger partial charge < -0.3 is 14.8 Å². The second-order valence-electron chi connectivity index (χ2n) is 5.53. The van der Waals surface area contributed by atoms with Crippen molar-refractivity contribution in [1.29, 1.82) is 0 Å². The molecule has 0 aliphatic carbocycles. The quantitative estimate of drug-likeness (QED) is 0.624. The Morgan fingerprint density at radius 3 is 2.37 bits per heavy atom. The summed E-state index contributed by atoms with van der Waals surface area (Å²) in [5.74, 6) is 0.338. The largest absolute Gasteiger partial charge is 0.487 e. The number of amides is 1. The average Bonchev–Trinajstić information content (AvgIpc) is 3.07. The van der Waals surface area contributed by atoms with E-state index >= 15 is 0 Å². The number of nitrogens with zero attached hydrogens (tertiary/aromatic N) is 1. The molecule has 0 saturated heterocycles. The molecule has 0 spiro atoms. The Hall–Kier alpha value is -3.00. The highest BCUT2D eigenvalue weighted by Crippen LogP contribution is 2.19. The predicted molar refractivity (Wildman–Crippen MR) is 98.7 cm³/mol. The minimum atomic E-state index is -2.88. The molecule has 1 heterocycles. The van der Waals surface area contributed by atoms with Gasteiger partial charge in [0.1, 0.15) is 18.1 Å². The molecule has 5 nitrogen and oxygen atoms in total. The zero-order valence-electron chi connectivity index (χ0n) is 14.3. The predicted octanol–water partition coefficient (Wildman–Crippen LogP) is 4.88. The minimum absolute atomic E-state index is 0.0276. The maximum atomic E-state index is 12.3. The number of carbonyl (C=O) groups excluding carboxylic acids is 1. The van der Waals surface area contributed by atoms with E-state index in [-0.39, 0.29) is 11.7 Å². The van der Waals surface area contributed by atoms with Gasteiger partial charge in [0.2, 0.25) is 0 Å². The van der Waals surface area contributed by atoms with Gasteiger partial charge in [-0.2, -0.15) is 8.78 Å². The van der Waals surface area contributed by atoms with E-state index in [0.717, 1.165) is 10.7 Å². The maximum Gasteiger partial charge on any atom is 0.387 e. The van der Waals surface area contributed by atoms with Gasteiger partial charge in [-0.3, -0.25) is 4.79 Å². The molecular formula is C19H16F2N2O3S. The van der Waals surface area contributed by atoms with E-state index in [2.05, 4.69) is 15.0 Å². The Kier molecular flexibility index (Phi) is 5.97. The first kappa shape index (κ1) is 18.8. The first-order chi connectivity index (χ1) is 13.0. The summed E-state index contributed by atoms with van der Waals surface area (Å²) in [6, 6.07) is 12.4. The lowest BCUT2D eigenvalue weighted by molar-refractivity contribution is -0.0498. The van der Waals surface area contributed by atoms with Gasteiger partial charge in [0.15, 0.2) is 0 Å². The molecule has 1 amide bonds. The number of rotatable bonds is 7. The van der Waals surface area contributed by atoms with Crippen molar-refractivity contribution in [2.45, 2.75) is 20.1 Å². The fourth-order valence-electron chi connectivity index (χ4n) is 2.26. The number of alkyl halides is 2. The number of ether oxygens (including phenoxy) is 2. The standard InChI is InChI=1S/C19H16F2N2O3S/c1-12-22-15(11-27-12)10-25-16-6-2-13(3-7-16)18(24)23-14-4-8-17(9-5-14)26-19(20)21/h2-9,11,19H,10H2,1H3,(H,23,24). The zero-order chi connectivity index (χ0) is 19.2. The van der Waals surface area contributed by atoms with Crippen LogP contribution in [0.3, 0.4) is 0 Å². The van der Waals surface area contributed by atoms with E-state index in [1.807, 2.05) is 12.3 Å². The monoisotopic (exact) mass is 390 g/mol. The lowest BCUT2D eigenvalue weighted by Gasteiger charge is -2.08. The summed E-state index contributed by atoms with van der Waals surface area (Å²) in [4.78, 5) is 16.6. The molecule has 8 heteroatoms. The molecule has 0 radical (unpaired) electrons. The number of halogens is 2. The number of aryl methyl sites for hydroxylation is 1. The van der Waals surface area contributed by atoms with Crippen LogP contribution >= 0.6 is 11.3 Å². The van der Waals surface area contributed by atoms with Crippen molar-refractivity contribution in [3.05, 3.63) is 70.2 Å². The molecule has 2 aromatic carbocycles. The second-order valence-corrected chi connectivity index (χ2v) is 6.59. The van der Waals surface area contributed by atoms with Crippen LogP contribution in [0.1, 0.15) is 21.1 Å². The summed E-state index contributed by atoms with van der Waals surface area (Å²) in [6.45, 7) is -0.588. The Labute approximate surface area is 158 Å². The van der Waals surface area contributed by atoms with Crippen LogP contribution < -0.4 is 14.8 Å². The molecule has 0 saturated carbocycles. The van der Waals surface area contributed by atoms with E-state index in [1.54, 1.807) is 35.6 Å². The summed E-state index contributed by atoms with van der Waals surface area (Å²) < 4.78 is 34.2. The van der Waals surface area contributed by atoms with Crippen molar-refractivity contribution in [3.8, 4) is 11.5 Å². The number of benzene rings is 2. The Bertz CT molecular complexity index is 896. The number of anilines is 1. The number of aromatic nitrogens is 1. The van der Waals surface area contributed by atoms with Crippen LogP contribution in [0.5, 0.6) is 11.5 Å². The molecule has 0 fully saturated rings. The van der Waals surface area contributed by atoms with E-state index in [0.29, 0.717) is 23.6 Å². The highest BCUT2D eigenvalue weighted by atomic mass is 32.1. The molecule has 0 aliphatic heterocycles. The van der Waals surface area contributed by atoms with Gasteiger partial charge in [-0.05, 0) is 55.5 Å². The van der Waals surface area contributed by atoms with Gasteiger partial charge in [0, 0.05) is 16.6 Å². The van der Waals surface area contributed by atoms with Crippen molar-refractivity contribution in [2.24, 2.45) is 0 Å². The third-order valence-electron chi connectivity index (χ3n) is 3.51. The fourth-order valence-corrected chi connectivity index (χ4v) is 2.85. The number of nitrogens with one attached hydrogen (secondary N) is 1. The lowest BCUT2D eigenvalue weighted by atomic mass is 10.2. The molecular weight excluding hydrogens is 374 g/mol. The SMILES string of the molecule is Cc1nc(COc2ccc(C(=O)Nc3ccc(OC(F)F)cc3)cc2)cs1. The molecule has 3 aromatic rings. The Balaban J connectivity index is 1.55. The van der Waals surface area contributed by atoms with Crippen LogP contribution in [0.4, 0.5) is 14.5 Å². The first-order valence-electron chi connectivity index (χ1n) is 8.00. The number of hydrogen-bond donors (Lipinski definition) is 1. The smallest absolute Gasteiger partial charge is 0.387 e. The molecule has 3 rings (SSSR count). The number of hydrogen-bond acceptors (Lipinski definition) is 5. The molecule has 0 atom stereocenters. The summed E-state index contributed by atoms with van der Waals surface area (Å²) >= 11 is 1.56. The Morgan fingerprint density at radius 1 is 1.11 bits per heavy atom. The lowest BCUT2D eigenvalue weighted by Crippen LogP contribution is -2.11. The third kappa shape index (κ3) is 5.49. The molecule has 27 heavy (non-hydrogen) atoms. The van der Waals surface area contributed by atoms with Crippen molar-refractivity contribution in [3.63, 3.8) is 0 Å². The fraction of sp³-hybridized carbons (Fsp3) is 0.158. The highest BCUT2D eigenvalue weighted by molar-refractivity contribution is 7.09. The van der Waals surface area contributed by atoms with Crippen molar-refractivity contribution in [1.82, 2.24) is 4.98 Å². The third-order valence-corrected chi connectivity index (χ3v) is 4.33. The molecule has 0 bridgehead atoms. The van der Waals surface area contributed by atoms with Gasteiger partial charge in [0.05, 0.1) is 10.7 Å². The van der Waals surface area contributed by atoms with E-state index in [4.69, 9.17) is 4.74 Å². The molecule has 0 aliphatic rings. The topological polar surface area (TPSA) is 60.5 Å². The van der Waals surface area contributed by atoms with Gasteiger partial charge in [0.25, 0.3) is 5.91 Å². The summed E-state index contributed by atoms with van der Waals surface area (Å²) in [7, 11) is 0. The van der Waals surface area contributed by atoms with E-state index in [9.17, 15) is 13.6 Å². The van der Waals surface area contributed by atoms with Gasteiger partial charge in [-0.15, -0.1) is 11.3 Å². The molecule has 0 unspecified atom stereocenters. The van der Waals surface area contributed by atoms with Crippen molar-refractivity contribution < 1.29 is 23.0 Å². The summed E-state index contributed by atoms with van der Waals surface area (Å²) in [5, 5.41) is 5.61. The molecule has 1 N–H and O–H groups in total. The number of carbonyl (C=O) groups is 1. The van der Waals surface area contributed by atoms with Crippen LogP contribution in [-0.2, 0) is 6.61 Å². The van der Waals surface area contributed by atoms with Gasteiger partial charge in [-0.25, -0.2) is 4.98 Å². The minimum Gasteiger partial charge on any atom is -0.487 e. The van der Waals surface area contributed by atoms with Crippen LogP contribution in [0.25, 0.3) is 0 Å². The van der Waals surface area contributed by atoms with E-state index < -0.39 is 6.61 Å². The van der Waals surface area contributed by atoms with Crippen molar-refractivity contribution >= 4 is 22.9 Å². The van der Waals surface area contributed by atoms with Crippen LogP contribution in [0.15, 0.2) is 53.9 Å². The van der Waals surface area contributed by atoms with E-state index in [1.165, 1.54) is 24.3 Å². The summed E-state index contributed by atoms with van der Waals surface area (Å²) in [6.07, 6.45) is 0. The highest BCUT2D eigenvalue weighted by Gasteiger charge is 2.08. The van der Waals surface area contributed by atoms with Gasteiger partial charge >= 0.3 is 6.61 Å². The normalized spacial score (nSPS) is 10.7. The number of thiazole rings is 1. The first-order valence-corrected chi connectivity index (χ1v) is 8.87. The molecule has 1 aromatic heterocycles. The zero-order valence-corrected chi connectivity index (χ0v) is 15.1.